The van der Waals surface area contributed by atoms with Gasteiger partial charge in [0.05, 0.1) is 23.4 Å². The lowest BCUT2D eigenvalue weighted by atomic mass is 9.98. The third kappa shape index (κ3) is 20.1. The molecule has 0 amide bonds. The Balaban J connectivity index is 1.89. The Hall–Kier alpha value is -3.86. The Morgan fingerprint density at radius 2 is 0.656 bits per heavy atom. The molecule has 0 aliphatic carbocycles. The first-order chi connectivity index (χ1) is 29.8. The number of aliphatic hydroxyl groups excluding tert-OH is 6. The highest BCUT2D eigenvalue weighted by molar-refractivity contribution is 5.34. The SMILES string of the molecule is CC(/C=C/C=C(C)/C=C/C=C(C)/C=C/[C@H](O[C@@H]1O[C@@H](C)[C@H](O)[C@@H](O)[C@@H]1O)C(C)(C)O)=C\C=C\C=C(C)\C=C\C=C(C)\C=C\C=C(C)\C=C\[C@H](O[C@@H]1O[C@@H](C)[C@H](O)[C@@H](O)[C@@H]1O)C(C)(C)O. The van der Waals surface area contributed by atoms with Crippen LogP contribution < -0.4 is 0 Å². The summed E-state index contributed by atoms with van der Waals surface area (Å²) in [4.78, 5) is 0. The topological polar surface area (TPSA) is 199 Å². The summed E-state index contributed by atoms with van der Waals surface area (Å²) in [6.45, 7) is 21.3. The van der Waals surface area contributed by atoms with Gasteiger partial charge in [0.25, 0.3) is 0 Å². The molecule has 12 atom stereocenters. The molecular weight excluding hydrogens is 817 g/mol. The van der Waals surface area contributed by atoms with Crippen molar-refractivity contribution in [3.05, 3.63) is 155 Å². The van der Waals surface area contributed by atoms with Gasteiger partial charge in [-0.15, -0.1) is 0 Å². The van der Waals surface area contributed by atoms with Gasteiger partial charge in [-0.2, -0.15) is 0 Å². The van der Waals surface area contributed by atoms with Gasteiger partial charge in [-0.05, 0) is 83.1 Å². The van der Waals surface area contributed by atoms with Crippen LogP contribution in [0.2, 0.25) is 0 Å². The maximum absolute atomic E-state index is 10.7. The molecule has 0 aromatic rings. The lowest BCUT2D eigenvalue weighted by molar-refractivity contribution is -0.309. The summed E-state index contributed by atoms with van der Waals surface area (Å²) in [5.74, 6) is 0. The third-order valence-electron chi connectivity index (χ3n) is 10.3. The van der Waals surface area contributed by atoms with Gasteiger partial charge in [0.15, 0.2) is 12.6 Å². The zero-order chi connectivity index (χ0) is 48.4. The molecule has 0 bridgehead atoms. The second-order valence-corrected chi connectivity index (χ2v) is 17.8. The van der Waals surface area contributed by atoms with Crippen molar-refractivity contribution in [3.63, 3.8) is 0 Å². The Bertz CT molecular complexity index is 1740. The van der Waals surface area contributed by atoms with Gasteiger partial charge in [-0.3, -0.25) is 0 Å². The van der Waals surface area contributed by atoms with E-state index in [0.29, 0.717) is 0 Å². The number of hydrogen-bond acceptors (Lipinski definition) is 12. The van der Waals surface area contributed by atoms with Crippen molar-refractivity contribution in [3.8, 4) is 0 Å². The monoisotopic (exact) mass is 893 g/mol. The second-order valence-electron chi connectivity index (χ2n) is 17.8. The van der Waals surface area contributed by atoms with E-state index in [1.807, 2.05) is 139 Å². The van der Waals surface area contributed by atoms with Crippen LogP contribution in [0.25, 0.3) is 0 Å². The van der Waals surface area contributed by atoms with Gasteiger partial charge in [-0.1, -0.05) is 155 Å². The van der Waals surface area contributed by atoms with E-state index in [0.717, 1.165) is 33.4 Å². The van der Waals surface area contributed by atoms with E-state index in [1.54, 1.807) is 65.8 Å². The van der Waals surface area contributed by atoms with Crippen molar-refractivity contribution in [2.24, 2.45) is 0 Å². The van der Waals surface area contributed by atoms with Gasteiger partial charge in [-0.25, -0.2) is 0 Å². The molecule has 2 fully saturated rings. The van der Waals surface area contributed by atoms with E-state index in [4.69, 9.17) is 18.9 Å². The molecule has 0 aromatic heterocycles. The summed E-state index contributed by atoms with van der Waals surface area (Å²) in [5.41, 5.74) is 3.42. The predicted octanol–water partition coefficient (Wildman–Crippen LogP) is 6.52. The average molecular weight is 893 g/mol. The van der Waals surface area contributed by atoms with E-state index in [9.17, 15) is 40.9 Å². The van der Waals surface area contributed by atoms with Gasteiger partial charge in [0.2, 0.25) is 0 Å². The summed E-state index contributed by atoms with van der Waals surface area (Å²) in [6.07, 6.45) is 24.7. The minimum atomic E-state index is -1.47. The largest absolute Gasteiger partial charge is 0.388 e. The highest BCUT2D eigenvalue weighted by Gasteiger charge is 2.45. The number of allylic oxidation sites excluding steroid dienone is 24. The first kappa shape index (κ1) is 56.3. The first-order valence-corrected chi connectivity index (χ1v) is 21.7. The number of ether oxygens (including phenoxy) is 4. The van der Waals surface area contributed by atoms with E-state index < -0.39 is 84.8 Å². The van der Waals surface area contributed by atoms with Crippen LogP contribution in [0.4, 0.5) is 0 Å². The van der Waals surface area contributed by atoms with Crippen LogP contribution in [-0.4, -0.2) is 126 Å². The standard InChI is InChI=1S/C52H76O12/c1-33(21-15-23-35(3)25-17-27-37(5)29-31-41(51(9,10)59)63-49-47(57)45(55)43(53)39(7)61-49)19-13-14-20-34(2)22-16-24-36(4)26-18-28-38(6)30-32-42(52(11,12)60)64-50-48(58)46(56)44(54)40(8)62-50/h13-32,39-50,53-60H,1-12H3/b14-13+,21-15+,22-16+,25-17+,26-18+,31-29+,32-30+,33-19+,34-20+,35-23+,36-24+,37-27+,38-28+/t39-,40-,41-,42-,43-,44-,45+,46+,47-,48-,49-,50-/m0/s1. The smallest absolute Gasteiger partial charge is 0.187 e. The molecule has 356 valence electrons. The van der Waals surface area contributed by atoms with Gasteiger partial charge in [0, 0.05) is 0 Å². The van der Waals surface area contributed by atoms with E-state index in [-0.39, 0.29) is 0 Å². The van der Waals surface area contributed by atoms with Crippen LogP contribution in [0.3, 0.4) is 0 Å². The maximum Gasteiger partial charge on any atom is 0.187 e. The number of rotatable bonds is 20. The molecule has 2 aliphatic heterocycles. The van der Waals surface area contributed by atoms with Crippen LogP contribution in [0.1, 0.15) is 83.1 Å². The fourth-order valence-corrected chi connectivity index (χ4v) is 6.07. The Morgan fingerprint density at radius 3 is 0.922 bits per heavy atom. The van der Waals surface area contributed by atoms with Crippen LogP contribution in [0.15, 0.2) is 155 Å². The molecule has 2 rings (SSSR count). The third-order valence-corrected chi connectivity index (χ3v) is 10.3. The van der Waals surface area contributed by atoms with E-state index >= 15 is 0 Å². The molecule has 0 radical (unpaired) electrons. The minimum Gasteiger partial charge on any atom is -0.388 e. The molecule has 8 N–H and O–H groups in total. The molecular formula is C52H76O12. The van der Waals surface area contributed by atoms with Crippen LogP contribution in [0, 0.1) is 0 Å². The van der Waals surface area contributed by atoms with Crippen LogP contribution in [-0.2, 0) is 18.9 Å². The zero-order valence-electron chi connectivity index (χ0n) is 39.7. The summed E-state index contributed by atoms with van der Waals surface area (Å²) in [5, 5.41) is 82.2. The zero-order valence-corrected chi connectivity index (χ0v) is 39.7. The molecule has 0 spiro atoms. The van der Waals surface area contributed by atoms with E-state index in [1.165, 1.54) is 0 Å². The fraction of sp³-hybridized carbons (Fsp3) is 0.500. The fourth-order valence-electron chi connectivity index (χ4n) is 6.07. The molecule has 2 aliphatic rings. The Labute approximate surface area is 381 Å². The highest BCUT2D eigenvalue weighted by atomic mass is 16.7. The van der Waals surface area contributed by atoms with Gasteiger partial charge >= 0.3 is 0 Å². The molecule has 64 heavy (non-hydrogen) atoms. The van der Waals surface area contributed by atoms with Crippen molar-refractivity contribution in [1.29, 1.82) is 0 Å². The van der Waals surface area contributed by atoms with Crippen molar-refractivity contribution in [2.75, 3.05) is 0 Å². The summed E-state index contributed by atoms with van der Waals surface area (Å²) in [7, 11) is 0. The molecule has 12 heteroatoms. The van der Waals surface area contributed by atoms with Crippen molar-refractivity contribution >= 4 is 0 Å². The number of hydrogen-bond donors (Lipinski definition) is 8. The summed E-state index contributed by atoms with van der Waals surface area (Å²) >= 11 is 0. The summed E-state index contributed by atoms with van der Waals surface area (Å²) in [6, 6.07) is 0. The van der Waals surface area contributed by atoms with Crippen molar-refractivity contribution in [2.45, 2.75) is 168 Å². The highest BCUT2D eigenvalue weighted by Crippen LogP contribution is 2.28. The quantitative estimate of drug-likeness (QED) is 0.0617. The predicted molar refractivity (Wildman–Crippen MR) is 254 cm³/mol. The number of aliphatic hydroxyl groups is 8. The average Bonchev–Trinajstić information content (AvgIpc) is 3.20. The molecule has 2 heterocycles. The minimum absolute atomic E-state index is 0.754. The summed E-state index contributed by atoms with van der Waals surface area (Å²) < 4.78 is 22.8. The first-order valence-electron chi connectivity index (χ1n) is 21.7. The molecule has 0 saturated carbocycles. The van der Waals surface area contributed by atoms with Crippen LogP contribution in [0.5, 0.6) is 0 Å². The van der Waals surface area contributed by atoms with Gasteiger partial charge in [0.1, 0.15) is 48.8 Å². The lowest BCUT2D eigenvalue weighted by Crippen LogP contribution is -2.58. The Kier molecular flexibility index (Phi) is 23.7. The van der Waals surface area contributed by atoms with Crippen LogP contribution >= 0.6 is 0 Å². The van der Waals surface area contributed by atoms with Gasteiger partial charge < -0.3 is 59.8 Å². The molecule has 0 unspecified atom stereocenters. The molecule has 12 nitrogen and oxygen atoms in total. The second kappa shape index (κ2) is 26.9. The maximum atomic E-state index is 10.7. The Morgan fingerprint density at radius 1 is 0.406 bits per heavy atom. The molecule has 0 aromatic carbocycles. The normalized spacial score (nSPS) is 30.5. The van der Waals surface area contributed by atoms with Crippen molar-refractivity contribution in [1.82, 2.24) is 0 Å². The van der Waals surface area contributed by atoms with Crippen molar-refractivity contribution < 1.29 is 59.8 Å². The molecule has 2 saturated heterocycles. The van der Waals surface area contributed by atoms with E-state index in [2.05, 4.69) is 0 Å². The lowest BCUT2D eigenvalue weighted by Gasteiger charge is -2.41.